The van der Waals surface area contributed by atoms with Gasteiger partial charge in [0.1, 0.15) is 13.7 Å². The molecule has 0 aliphatic heterocycles. The zero-order chi connectivity index (χ0) is 22.8. The highest BCUT2D eigenvalue weighted by atomic mass is 16.6. The molecule has 0 radical (unpaired) electrons. The summed E-state index contributed by atoms with van der Waals surface area (Å²) in [6.07, 6.45) is 5.18. The van der Waals surface area contributed by atoms with Crippen LogP contribution in [0.5, 0.6) is 11.5 Å². The third kappa shape index (κ3) is 6.23. The summed E-state index contributed by atoms with van der Waals surface area (Å²) in [7, 11) is 4.69. The Bertz CT molecular complexity index is 948. The second-order valence-corrected chi connectivity index (χ2v) is 7.65. The van der Waals surface area contributed by atoms with E-state index in [1.165, 1.54) is 31.1 Å². The van der Waals surface area contributed by atoms with Crippen LogP contribution in [0.4, 0.5) is 0 Å². The van der Waals surface area contributed by atoms with E-state index >= 15 is 0 Å². The lowest BCUT2D eigenvalue weighted by Gasteiger charge is -2.17. The molecule has 0 saturated heterocycles. The lowest BCUT2D eigenvalue weighted by Crippen LogP contribution is -2.33. The number of hydrogen-bond donors (Lipinski definition) is 1. The molecule has 1 aliphatic rings. The molecule has 32 heavy (non-hydrogen) atoms. The summed E-state index contributed by atoms with van der Waals surface area (Å²) in [4.78, 5) is 17.8. The summed E-state index contributed by atoms with van der Waals surface area (Å²) in [5, 5.41) is 6.95. The number of rotatable bonds is 11. The van der Waals surface area contributed by atoms with Crippen molar-refractivity contribution in [2.24, 2.45) is 5.16 Å². The summed E-state index contributed by atoms with van der Waals surface area (Å²) in [5.41, 5.74) is 4.76. The minimum absolute atomic E-state index is 0. The van der Waals surface area contributed by atoms with Crippen molar-refractivity contribution < 1.29 is 25.3 Å². The molecule has 0 heterocycles. The first kappa shape index (κ1) is 23.6. The van der Waals surface area contributed by atoms with E-state index in [0.29, 0.717) is 43.4 Å². The van der Waals surface area contributed by atoms with E-state index in [9.17, 15) is 4.79 Å². The van der Waals surface area contributed by atoms with Gasteiger partial charge in [0.05, 0.1) is 13.7 Å². The van der Waals surface area contributed by atoms with Gasteiger partial charge < -0.3 is 24.4 Å². The monoisotopic (exact) mass is 442 g/mol. The summed E-state index contributed by atoms with van der Waals surface area (Å²) in [5.74, 6) is 1.06. The average Bonchev–Trinajstić information content (AvgIpc) is 2.83. The van der Waals surface area contributed by atoms with E-state index in [-0.39, 0.29) is 7.33 Å². The average molecular weight is 443 g/mol. The number of nitrogens with zero attached hydrogens (tertiary/aromatic N) is 1. The number of methoxy groups -OCH3 is 2. The fourth-order valence-corrected chi connectivity index (χ4v) is 3.82. The minimum Gasteiger partial charge on any atom is -0.493 e. The number of ether oxygens (including phenoxy) is 3. The highest BCUT2D eigenvalue weighted by Crippen LogP contribution is 2.28. The Morgan fingerprint density at radius 1 is 1.00 bits per heavy atom. The van der Waals surface area contributed by atoms with Crippen LogP contribution >= 0.6 is 0 Å². The van der Waals surface area contributed by atoms with Crippen molar-refractivity contribution in [1.29, 1.82) is 0 Å². The maximum atomic E-state index is 12.8. The number of carbonyl (C=O) groups is 1. The van der Waals surface area contributed by atoms with Gasteiger partial charge >= 0.3 is 0 Å². The minimum atomic E-state index is -0.255. The molecule has 0 saturated carbocycles. The smallest absolute Gasteiger partial charge is 0.273 e. The van der Waals surface area contributed by atoms with Crippen molar-refractivity contribution in [3.8, 4) is 11.5 Å². The molecule has 0 fully saturated rings. The molecule has 1 aliphatic carbocycles. The Morgan fingerprint density at radius 2 is 1.81 bits per heavy atom. The molecular formula is C25H34N2O5. The molecule has 0 aromatic heterocycles. The van der Waals surface area contributed by atoms with Gasteiger partial charge in [-0.1, -0.05) is 23.4 Å². The topological polar surface area (TPSA) is 78.4 Å². The fourth-order valence-electron chi connectivity index (χ4n) is 3.82. The number of benzene rings is 2. The number of carbonyl (C=O) groups excluding carboxylic acids is 1. The molecule has 1 N–H and O–H groups in total. The van der Waals surface area contributed by atoms with Crippen LogP contribution in [0.2, 0.25) is 0 Å². The summed E-state index contributed by atoms with van der Waals surface area (Å²) >= 11 is 0. The van der Waals surface area contributed by atoms with Gasteiger partial charge in [-0.3, -0.25) is 4.79 Å². The van der Waals surface area contributed by atoms with E-state index in [0.717, 1.165) is 24.0 Å². The van der Waals surface area contributed by atoms with Gasteiger partial charge in [0.25, 0.3) is 5.91 Å². The third-order valence-electron chi connectivity index (χ3n) is 5.49. The molecule has 7 nitrogen and oxygen atoms in total. The Morgan fingerprint density at radius 3 is 2.56 bits per heavy atom. The maximum Gasteiger partial charge on any atom is 0.273 e. The Hall–Kier alpha value is -3.06. The standard InChI is InChI=1S/C25H32N2O5.H2/c1-29-14-15-32-22-11-8-18(16-23(22)30-2)12-13-26-25(28)24(27-31-3)21-10-9-19-6-4-5-7-20(19)17-21;/h8-11,16-17H,4-7,12-15H2,1-3H3,(H,26,28);1H/b27-24+;. The van der Waals surface area contributed by atoms with Crippen LogP contribution < -0.4 is 14.8 Å². The van der Waals surface area contributed by atoms with Gasteiger partial charge in [-0.25, -0.2) is 0 Å². The van der Waals surface area contributed by atoms with Gasteiger partial charge in [0.15, 0.2) is 17.2 Å². The lowest BCUT2D eigenvalue weighted by atomic mass is 9.89. The second-order valence-electron chi connectivity index (χ2n) is 7.65. The van der Waals surface area contributed by atoms with E-state index in [2.05, 4.69) is 22.6 Å². The van der Waals surface area contributed by atoms with E-state index < -0.39 is 0 Å². The molecule has 3 rings (SSSR count). The van der Waals surface area contributed by atoms with Gasteiger partial charge in [-0.15, -0.1) is 0 Å². The summed E-state index contributed by atoms with van der Waals surface area (Å²) < 4.78 is 16.1. The van der Waals surface area contributed by atoms with Crippen LogP contribution in [0, 0.1) is 0 Å². The number of hydrogen-bond acceptors (Lipinski definition) is 6. The quantitative estimate of drug-likeness (QED) is 0.327. The molecule has 0 unspecified atom stereocenters. The normalized spacial score (nSPS) is 13.3. The largest absolute Gasteiger partial charge is 0.493 e. The molecule has 2 aromatic carbocycles. The summed E-state index contributed by atoms with van der Waals surface area (Å²) in [6.45, 7) is 1.42. The maximum absolute atomic E-state index is 12.8. The number of amides is 1. The predicted octanol–water partition coefficient (Wildman–Crippen LogP) is 3.55. The number of oxime groups is 1. The van der Waals surface area contributed by atoms with Gasteiger partial charge in [-0.05, 0) is 67.0 Å². The first-order valence-corrected chi connectivity index (χ1v) is 11.0. The van der Waals surface area contributed by atoms with Crippen LogP contribution in [0.15, 0.2) is 41.6 Å². The fraction of sp³-hybridized carbons (Fsp3) is 0.440. The Balaban J connectivity index is 0.00000385. The highest BCUT2D eigenvalue weighted by molar-refractivity contribution is 6.45. The molecule has 0 spiro atoms. The SMILES string of the molecule is COCCOc1ccc(CCNC(=O)/C(=N/OC)c2ccc3c(c2)CCCC3)cc1OC.[HH]. The van der Waals surface area contributed by atoms with Gasteiger partial charge in [0, 0.05) is 20.6 Å². The van der Waals surface area contributed by atoms with Gasteiger partial charge in [-0.2, -0.15) is 0 Å². The molecule has 1 amide bonds. The first-order valence-electron chi connectivity index (χ1n) is 11.0. The second kappa shape index (κ2) is 12.1. The zero-order valence-electron chi connectivity index (χ0n) is 19.1. The van der Waals surface area contributed by atoms with Crippen LogP contribution in [-0.2, 0) is 33.6 Å². The highest BCUT2D eigenvalue weighted by Gasteiger charge is 2.18. The molecule has 2 aromatic rings. The number of fused-ring (bicyclic) bond motifs is 1. The van der Waals surface area contributed by atoms with Crippen LogP contribution in [-0.4, -0.2) is 52.7 Å². The van der Waals surface area contributed by atoms with Crippen molar-refractivity contribution in [1.82, 2.24) is 5.32 Å². The van der Waals surface area contributed by atoms with Crippen molar-refractivity contribution >= 4 is 11.6 Å². The molecule has 0 bridgehead atoms. The van der Waals surface area contributed by atoms with Crippen molar-refractivity contribution in [3.05, 3.63) is 58.7 Å². The lowest BCUT2D eigenvalue weighted by molar-refractivity contribution is -0.114. The number of nitrogens with one attached hydrogen (secondary N) is 1. The van der Waals surface area contributed by atoms with E-state index in [1.807, 2.05) is 24.3 Å². The van der Waals surface area contributed by atoms with E-state index in [4.69, 9.17) is 19.0 Å². The predicted molar refractivity (Wildman–Crippen MR) is 126 cm³/mol. The van der Waals surface area contributed by atoms with Crippen molar-refractivity contribution in [2.45, 2.75) is 32.1 Å². The van der Waals surface area contributed by atoms with E-state index in [1.54, 1.807) is 14.2 Å². The van der Waals surface area contributed by atoms with Crippen LogP contribution in [0.1, 0.15) is 36.5 Å². The van der Waals surface area contributed by atoms with Crippen molar-refractivity contribution in [3.63, 3.8) is 0 Å². The first-order chi connectivity index (χ1) is 15.7. The molecular weight excluding hydrogens is 408 g/mol. The van der Waals surface area contributed by atoms with Crippen LogP contribution in [0.3, 0.4) is 0 Å². The third-order valence-corrected chi connectivity index (χ3v) is 5.49. The Labute approximate surface area is 191 Å². The molecule has 7 heteroatoms. The molecule has 0 atom stereocenters. The van der Waals surface area contributed by atoms with Gasteiger partial charge in [0.2, 0.25) is 0 Å². The molecule has 174 valence electrons. The van der Waals surface area contributed by atoms with Crippen LogP contribution in [0.25, 0.3) is 0 Å². The Kier molecular flexibility index (Phi) is 8.92. The van der Waals surface area contributed by atoms with Crippen molar-refractivity contribution in [2.75, 3.05) is 41.1 Å². The summed E-state index contributed by atoms with van der Waals surface area (Å²) in [6, 6.07) is 11.9. The zero-order valence-corrected chi connectivity index (χ0v) is 19.1. The number of aryl methyl sites for hydroxylation is 2.